The lowest BCUT2D eigenvalue weighted by molar-refractivity contribution is -0.190. The largest absolute Gasteiger partial charge is 0.463 e. The van der Waals surface area contributed by atoms with Crippen LogP contribution in [0.5, 0.6) is 5.88 Å². The van der Waals surface area contributed by atoms with Gasteiger partial charge in [-0.1, -0.05) is 0 Å². The Morgan fingerprint density at radius 1 is 1.47 bits per heavy atom. The first kappa shape index (κ1) is 12.0. The van der Waals surface area contributed by atoms with Crippen LogP contribution in [-0.4, -0.2) is 22.2 Å². The molecule has 0 aliphatic heterocycles. The van der Waals surface area contributed by atoms with Crippen LogP contribution in [0.1, 0.15) is 6.92 Å². The molecule has 0 aliphatic rings. The van der Waals surface area contributed by atoms with Gasteiger partial charge in [-0.05, 0) is 18.5 Å². The number of nitrogens with zero attached hydrogens (tertiary/aromatic N) is 2. The minimum absolute atomic E-state index is 0.388. The van der Waals surface area contributed by atoms with Gasteiger partial charge in [-0.3, -0.25) is 0 Å². The van der Waals surface area contributed by atoms with E-state index in [0.717, 1.165) is 6.92 Å². The van der Waals surface area contributed by atoms with Crippen molar-refractivity contribution < 1.29 is 22.3 Å². The second-order valence-electron chi connectivity index (χ2n) is 2.59. The molecule has 0 bridgehead atoms. The monoisotopic (exact) mass is 244 g/mol. The zero-order valence-corrected chi connectivity index (χ0v) is 8.10. The molecule has 0 fully saturated rings. The van der Waals surface area contributed by atoms with Gasteiger partial charge >= 0.3 is 6.18 Å². The third kappa shape index (κ3) is 3.19. The van der Waals surface area contributed by atoms with E-state index in [9.17, 15) is 17.6 Å². The summed E-state index contributed by atoms with van der Waals surface area (Å²) in [7, 11) is 0. The summed E-state index contributed by atoms with van der Waals surface area (Å²) in [6.07, 6.45) is -6.13. The summed E-state index contributed by atoms with van der Waals surface area (Å²) >= 11 is 5.26. The van der Waals surface area contributed by atoms with Crippen molar-refractivity contribution in [1.82, 2.24) is 9.97 Å². The van der Waals surface area contributed by atoms with Crippen LogP contribution in [0.25, 0.3) is 0 Å². The number of hydrogen-bond acceptors (Lipinski definition) is 3. The van der Waals surface area contributed by atoms with Gasteiger partial charge in [-0.2, -0.15) is 22.5 Å². The summed E-state index contributed by atoms with van der Waals surface area (Å²) in [5.74, 6) is -1.92. The van der Waals surface area contributed by atoms with Gasteiger partial charge in [0.25, 0.3) is 5.88 Å². The summed E-state index contributed by atoms with van der Waals surface area (Å²) in [5, 5.41) is -0.388. The van der Waals surface area contributed by atoms with Crippen LogP contribution in [0.4, 0.5) is 17.6 Å². The maximum Gasteiger partial charge on any atom is 0.425 e. The molecule has 0 aliphatic carbocycles. The van der Waals surface area contributed by atoms with E-state index in [2.05, 4.69) is 14.7 Å². The highest BCUT2D eigenvalue weighted by atomic mass is 35.5. The van der Waals surface area contributed by atoms with E-state index in [4.69, 9.17) is 11.6 Å². The van der Waals surface area contributed by atoms with Crippen LogP contribution >= 0.6 is 11.6 Å². The van der Waals surface area contributed by atoms with Gasteiger partial charge in [0, 0.05) is 0 Å². The van der Waals surface area contributed by atoms with Crippen molar-refractivity contribution in [2.24, 2.45) is 0 Å². The molecular weight excluding hydrogens is 240 g/mol. The van der Waals surface area contributed by atoms with Crippen LogP contribution in [0.15, 0.2) is 6.20 Å². The molecule has 15 heavy (non-hydrogen) atoms. The summed E-state index contributed by atoms with van der Waals surface area (Å²) in [4.78, 5) is 6.41. The molecule has 84 valence electrons. The normalized spacial score (nSPS) is 13.7. The van der Waals surface area contributed by atoms with Crippen molar-refractivity contribution in [2.45, 2.75) is 19.2 Å². The van der Waals surface area contributed by atoms with Crippen molar-refractivity contribution in [3.63, 3.8) is 0 Å². The Morgan fingerprint density at radius 2 is 2.07 bits per heavy atom. The predicted octanol–water partition coefficient (Wildman–Crippen LogP) is 2.60. The number of halogens is 5. The molecule has 1 atom stereocenters. The van der Waals surface area contributed by atoms with E-state index in [1.807, 2.05) is 0 Å². The van der Waals surface area contributed by atoms with E-state index in [-0.39, 0.29) is 5.28 Å². The first-order chi connectivity index (χ1) is 6.80. The SMILES string of the molecule is CC(Oc1nc(Cl)ncc1F)C(F)(F)F. The number of aromatic nitrogens is 2. The molecule has 0 amide bonds. The summed E-state index contributed by atoms with van der Waals surface area (Å²) in [5.41, 5.74) is 0. The highest BCUT2D eigenvalue weighted by molar-refractivity contribution is 6.28. The maximum absolute atomic E-state index is 12.8. The van der Waals surface area contributed by atoms with Crippen molar-refractivity contribution in [2.75, 3.05) is 0 Å². The van der Waals surface area contributed by atoms with Crippen molar-refractivity contribution >= 4 is 11.6 Å². The van der Waals surface area contributed by atoms with Crippen LogP contribution < -0.4 is 4.74 Å². The molecule has 0 aromatic carbocycles. The fraction of sp³-hybridized carbons (Fsp3) is 0.429. The third-order valence-corrected chi connectivity index (χ3v) is 1.61. The molecule has 1 rings (SSSR count). The lowest BCUT2D eigenvalue weighted by Crippen LogP contribution is -2.31. The van der Waals surface area contributed by atoms with E-state index < -0.39 is 24.0 Å². The molecule has 1 unspecified atom stereocenters. The van der Waals surface area contributed by atoms with Gasteiger partial charge in [-0.15, -0.1) is 0 Å². The highest BCUT2D eigenvalue weighted by Gasteiger charge is 2.38. The van der Waals surface area contributed by atoms with Crippen LogP contribution in [-0.2, 0) is 0 Å². The minimum Gasteiger partial charge on any atom is -0.463 e. The van der Waals surface area contributed by atoms with E-state index in [0.29, 0.717) is 6.20 Å². The smallest absolute Gasteiger partial charge is 0.425 e. The van der Waals surface area contributed by atoms with Gasteiger partial charge in [0.1, 0.15) is 0 Å². The maximum atomic E-state index is 12.8. The second-order valence-corrected chi connectivity index (χ2v) is 2.93. The fourth-order valence-corrected chi connectivity index (χ4v) is 0.774. The number of hydrogen-bond donors (Lipinski definition) is 0. The van der Waals surface area contributed by atoms with Gasteiger partial charge in [0.15, 0.2) is 6.10 Å². The molecule has 0 N–H and O–H groups in total. The zero-order chi connectivity index (χ0) is 11.6. The molecule has 1 heterocycles. The van der Waals surface area contributed by atoms with Crippen molar-refractivity contribution in [1.29, 1.82) is 0 Å². The Kier molecular flexibility index (Phi) is 3.33. The minimum atomic E-state index is -4.59. The van der Waals surface area contributed by atoms with Crippen LogP contribution in [0.2, 0.25) is 5.28 Å². The summed E-state index contributed by atoms with van der Waals surface area (Å²) in [6.45, 7) is 0.732. The van der Waals surface area contributed by atoms with E-state index in [1.165, 1.54) is 0 Å². The quantitative estimate of drug-likeness (QED) is 0.592. The van der Waals surface area contributed by atoms with Crippen molar-refractivity contribution in [3.05, 3.63) is 17.3 Å². The average Bonchev–Trinajstić information content (AvgIpc) is 2.09. The highest BCUT2D eigenvalue weighted by Crippen LogP contribution is 2.25. The Balaban J connectivity index is 2.85. The molecule has 1 aromatic rings. The van der Waals surface area contributed by atoms with Gasteiger partial charge in [0.05, 0.1) is 6.20 Å². The lowest BCUT2D eigenvalue weighted by atomic mass is 10.4. The van der Waals surface area contributed by atoms with E-state index in [1.54, 1.807) is 0 Å². The Morgan fingerprint density at radius 3 is 2.60 bits per heavy atom. The lowest BCUT2D eigenvalue weighted by Gasteiger charge is -2.16. The summed E-state index contributed by atoms with van der Waals surface area (Å²) in [6, 6.07) is 0. The molecule has 0 saturated carbocycles. The predicted molar refractivity (Wildman–Crippen MR) is 43.1 cm³/mol. The molecule has 8 heteroatoms. The molecular formula is C7H5ClF4N2O. The fourth-order valence-electron chi connectivity index (χ4n) is 0.648. The van der Waals surface area contributed by atoms with Crippen LogP contribution in [0, 0.1) is 5.82 Å². The first-order valence-corrected chi connectivity index (χ1v) is 4.10. The van der Waals surface area contributed by atoms with Gasteiger partial charge < -0.3 is 4.74 Å². The molecule has 0 spiro atoms. The standard InChI is InChI=1S/C7H5ClF4N2O/c1-3(7(10,11)12)15-5-4(9)2-13-6(8)14-5/h2-3H,1H3. The molecule has 3 nitrogen and oxygen atoms in total. The van der Waals surface area contributed by atoms with Gasteiger partial charge in [-0.25, -0.2) is 4.98 Å². The average molecular weight is 245 g/mol. The van der Waals surface area contributed by atoms with Crippen LogP contribution in [0.3, 0.4) is 0 Å². The van der Waals surface area contributed by atoms with Crippen molar-refractivity contribution in [3.8, 4) is 5.88 Å². The number of rotatable bonds is 2. The topological polar surface area (TPSA) is 35.0 Å². The second kappa shape index (κ2) is 4.18. The molecule has 0 radical (unpaired) electrons. The Hall–Kier alpha value is -1.11. The van der Waals surface area contributed by atoms with Gasteiger partial charge in [0.2, 0.25) is 11.1 Å². The molecule has 0 saturated heterocycles. The first-order valence-electron chi connectivity index (χ1n) is 3.72. The Labute approximate surface area is 87.0 Å². The zero-order valence-electron chi connectivity index (χ0n) is 7.35. The van der Waals surface area contributed by atoms with E-state index >= 15 is 0 Å². The third-order valence-electron chi connectivity index (χ3n) is 1.43. The number of ether oxygens (including phenoxy) is 1. The molecule has 1 aromatic heterocycles. The Bertz CT molecular complexity index is 357. The number of alkyl halides is 3. The summed E-state index contributed by atoms with van der Waals surface area (Å²) < 4.78 is 53.2.